The van der Waals surface area contributed by atoms with Crippen molar-refractivity contribution in [3.63, 3.8) is 0 Å². The summed E-state index contributed by atoms with van der Waals surface area (Å²) in [5.41, 5.74) is 1.06. The van der Waals surface area contributed by atoms with Crippen molar-refractivity contribution in [1.82, 2.24) is 15.2 Å². The molecule has 0 aliphatic carbocycles. The highest BCUT2D eigenvalue weighted by Gasteiger charge is 2.21. The van der Waals surface area contributed by atoms with Crippen LogP contribution in [0.15, 0.2) is 12.1 Å². The molecule has 0 radical (unpaired) electrons. The van der Waals surface area contributed by atoms with Gasteiger partial charge >= 0.3 is 0 Å². The maximum absolute atomic E-state index is 12.3. The molecule has 2 rings (SSSR count). The summed E-state index contributed by atoms with van der Waals surface area (Å²) in [7, 11) is 1.49. The normalized spacial score (nSPS) is 11.3. The number of pyridine rings is 1. The maximum Gasteiger partial charge on any atom is 0.262 e. The predicted octanol–water partition coefficient (Wildman–Crippen LogP) is 2.80. The van der Waals surface area contributed by atoms with Crippen LogP contribution in [0.1, 0.15) is 41.8 Å². The second-order valence-electron chi connectivity index (χ2n) is 5.63. The number of aromatic nitrogens is 3. The van der Waals surface area contributed by atoms with Crippen LogP contribution in [0, 0.1) is 6.92 Å². The molecule has 112 valence electrons. The highest BCUT2D eigenvalue weighted by atomic mass is 32.1. The molecule has 1 N–H and O–H groups in total. The Morgan fingerprint density at radius 2 is 2.00 bits per heavy atom. The van der Waals surface area contributed by atoms with Gasteiger partial charge in [0.05, 0.1) is 7.11 Å². The first-order valence-electron chi connectivity index (χ1n) is 6.48. The van der Waals surface area contributed by atoms with E-state index in [1.807, 2.05) is 27.7 Å². The van der Waals surface area contributed by atoms with E-state index in [1.54, 1.807) is 12.1 Å². The quantitative estimate of drug-likeness (QED) is 0.943. The van der Waals surface area contributed by atoms with Crippen LogP contribution in [0.2, 0.25) is 0 Å². The third-order valence-corrected chi connectivity index (χ3v) is 3.99. The van der Waals surface area contributed by atoms with Gasteiger partial charge in [-0.05, 0) is 19.1 Å². The van der Waals surface area contributed by atoms with Crippen LogP contribution >= 0.6 is 11.3 Å². The third-order valence-electron chi connectivity index (χ3n) is 2.72. The Labute approximate surface area is 127 Å². The molecule has 0 unspecified atom stereocenters. The topological polar surface area (TPSA) is 77.0 Å². The number of methoxy groups -OCH3 is 1. The molecule has 0 saturated heterocycles. The summed E-state index contributed by atoms with van der Waals surface area (Å²) < 4.78 is 5.14. The smallest absolute Gasteiger partial charge is 0.262 e. The molecule has 0 aliphatic heterocycles. The lowest BCUT2D eigenvalue weighted by Crippen LogP contribution is -2.14. The summed E-state index contributed by atoms with van der Waals surface area (Å²) in [5, 5.41) is 12.2. The molecule has 2 heterocycles. The van der Waals surface area contributed by atoms with E-state index in [0.717, 1.165) is 10.7 Å². The molecular formula is C14H18N4O2S. The molecular weight excluding hydrogens is 288 g/mol. The number of amides is 1. The van der Waals surface area contributed by atoms with E-state index in [4.69, 9.17) is 4.74 Å². The Balaban J connectivity index is 2.20. The van der Waals surface area contributed by atoms with E-state index < -0.39 is 0 Å². The highest BCUT2D eigenvalue weighted by Crippen LogP contribution is 2.28. The lowest BCUT2D eigenvalue weighted by atomic mass is 9.98. The summed E-state index contributed by atoms with van der Waals surface area (Å²) in [6.45, 7) is 7.98. The Morgan fingerprint density at radius 3 is 2.57 bits per heavy atom. The fraction of sp³-hybridized carbons (Fsp3) is 0.429. The Morgan fingerprint density at radius 1 is 1.29 bits per heavy atom. The number of hydrogen-bond donors (Lipinski definition) is 1. The second kappa shape index (κ2) is 5.77. The van der Waals surface area contributed by atoms with Gasteiger partial charge in [0.1, 0.15) is 10.6 Å². The first-order chi connectivity index (χ1) is 9.81. The van der Waals surface area contributed by atoms with E-state index in [-0.39, 0.29) is 11.3 Å². The minimum atomic E-state index is -0.309. The lowest BCUT2D eigenvalue weighted by molar-refractivity contribution is 0.102. The van der Waals surface area contributed by atoms with Gasteiger partial charge in [0.2, 0.25) is 11.0 Å². The monoisotopic (exact) mass is 306 g/mol. The average Bonchev–Trinajstić information content (AvgIpc) is 2.86. The Bertz CT molecular complexity index is 661. The number of aryl methyl sites for hydroxylation is 1. The Hall–Kier alpha value is -2.02. The van der Waals surface area contributed by atoms with E-state index in [1.165, 1.54) is 18.4 Å². The zero-order valence-electron chi connectivity index (χ0n) is 12.7. The summed E-state index contributed by atoms with van der Waals surface area (Å²) >= 11 is 1.36. The molecule has 21 heavy (non-hydrogen) atoms. The van der Waals surface area contributed by atoms with Gasteiger partial charge in [0.15, 0.2) is 0 Å². The number of carbonyl (C=O) groups excluding carboxylic acids is 1. The summed E-state index contributed by atoms with van der Waals surface area (Å²) in [5.74, 6) is -0.0102. The Kier molecular flexibility index (Phi) is 4.22. The zero-order chi connectivity index (χ0) is 15.6. The van der Waals surface area contributed by atoms with Crippen molar-refractivity contribution in [2.24, 2.45) is 0 Å². The van der Waals surface area contributed by atoms with Crippen LogP contribution in [0.3, 0.4) is 0 Å². The van der Waals surface area contributed by atoms with Gasteiger partial charge in [0, 0.05) is 11.1 Å². The average molecular weight is 306 g/mol. The van der Waals surface area contributed by atoms with E-state index in [2.05, 4.69) is 20.5 Å². The van der Waals surface area contributed by atoms with Crippen molar-refractivity contribution in [3.05, 3.63) is 28.4 Å². The van der Waals surface area contributed by atoms with Gasteiger partial charge < -0.3 is 4.74 Å². The van der Waals surface area contributed by atoms with Crippen molar-refractivity contribution in [1.29, 1.82) is 0 Å². The maximum atomic E-state index is 12.3. The van der Waals surface area contributed by atoms with Gasteiger partial charge in [-0.25, -0.2) is 4.98 Å². The molecule has 6 nitrogen and oxygen atoms in total. The fourth-order valence-electron chi connectivity index (χ4n) is 1.60. The number of nitrogens with zero attached hydrogens (tertiary/aromatic N) is 3. The largest absolute Gasteiger partial charge is 0.480 e. The van der Waals surface area contributed by atoms with E-state index in [0.29, 0.717) is 16.6 Å². The summed E-state index contributed by atoms with van der Waals surface area (Å²) in [6.07, 6.45) is 0. The number of rotatable bonds is 3. The first-order valence-corrected chi connectivity index (χ1v) is 7.30. The number of nitrogens with one attached hydrogen (secondary N) is 1. The molecule has 2 aromatic heterocycles. The van der Waals surface area contributed by atoms with Gasteiger partial charge in [0.25, 0.3) is 5.91 Å². The molecule has 0 saturated carbocycles. The van der Waals surface area contributed by atoms with Crippen molar-refractivity contribution < 1.29 is 9.53 Å². The van der Waals surface area contributed by atoms with Crippen LogP contribution < -0.4 is 10.1 Å². The minimum Gasteiger partial charge on any atom is -0.480 e. The standard InChI is InChI=1S/C14H18N4O2S/c1-8-6-7-9(11(15-8)20-5)10(19)16-13-18-17-12(21-13)14(2,3)4/h6-7H,1-5H3,(H,16,18,19). The van der Waals surface area contributed by atoms with Crippen LogP contribution in [-0.4, -0.2) is 28.2 Å². The minimum absolute atomic E-state index is 0.0935. The molecule has 7 heteroatoms. The third kappa shape index (κ3) is 3.55. The van der Waals surface area contributed by atoms with Gasteiger partial charge in [-0.2, -0.15) is 0 Å². The molecule has 0 fully saturated rings. The number of hydrogen-bond acceptors (Lipinski definition) is 6. The molecule has 0 bridgehead atoms. The lowest BCUT2D eigenvalue weighted by Gasteiger charge is -2.12. The summed E-state index contributed by atoms with van der Waals surface area (Å²) in [4.78, 5) is 16.5. The van der Waals surface area contributed by atoms with Gasteiger partial charge in [-0.15, -0.1) is 10.2 Å². The SMILES string of the molecule is COc1nc(C)ccc1C(=O)Nc1nnc(C(C)(C)C)s1. The number of anilines is 1. The van der Waals surface area contributed by atoms with Crippen molar-refractivity contribution >= 4 is 22.4 Å². The van der Waals surface area contributed by atoms with Crippen LogP contribution in [0.25, 0.3) is 0 Å². The molecule has 1 amide bonds. The number of carbonyl (C=O) groups is 1. The molecule has 0 spiro atoms. The zero-order valence-corrected chi connectivity index (χ0v) is 13.5. The first kappa shape index (κ1) is 15.4. The van der Waals surface area contributed by atoms with Gasteiger partial charge in [-0.3, -0.25) is 10.1 Å². The van der Waals surface area contributed by atoms with Crippen LogP contribution in [0.4, 0.5) is 5.13 Å². The van der Waals surface area contributed by atoms with Crippen molar-refractivity contribution in [3.8, 4) is 5.88 Å². The van der Waals surface area contributed by atoms with Gasteiger partial charge in [-0.1, -0.05) is 32.1 Å². The molecule has 0 atom stereocenters. The number of ether oxygens (including phenoxy) is 1. The summed E-state index contributed by atoms with van der Waals surface area (Å²) in [6, 6.07) is 3.44. The van der Waals surface area contributed by atoms with Crippen LogP contribution in [0.5, 0.6) is 5.88 Å². The van der Waals surface area contributed by atoms with Crippen molar-refractivity contribution in [2.75, 3.05) is 12.4 Å². The van der Waals surface area contributed by atoms with Crippen LogP contribution in [-0.2, 0) is 5.41 Å². The van der Waals surface area contributed by atoms with E-state index in [9.17, 15) is 4.79 Å². The highest BCUT2D eigenvalue weighted by molar-refractivity contribution is 7.15. The predicted molar refractivity (Wildman–Crippen MR) is 82.1 cm³/mol. The second-order valence-corrected chi connectivity index (χ2v) is 6.60. The molecule has 0 aliphatic rings. The molecule has 2 aromatic rings. The van der Waals surface area contributed by atoms with E-state index >= 15 is 0 Å². The molecule has 0 aromatic carbocycles. The fourth-order valence-corrected chi connectivity index (χ4v) is 2.40. The van der Waals surface area contributed by atoms with Crippen molar-refractivity contribution in [2.45, 2.75) is 33.1 Å².